The monoisotopic (exact) mass is 321 g/mol. The van der Waals surface area contributed by atoms with Crippen LogP contribution >= 0.6 is 0 Å². The lowest BCUT2D eigenvalue weighted by molar-refractivity contribution is 0.0333. The summed E-state index contributed by atoms with van der Waals surface area (Å²) in [5.74, 6) is 0.0444. The molecule has 5 nitrogen and oxygen atoms in total. The molecule has 2 aliphatic carbocycles. The largest absolute Gasteiger partial charge is 0.393 e. The normalized spacial score (nSPS) is 25.0. The van der Waals surface area contributed by atoms with Crippen LogP contribution in [0.1, 0.15) is 49.1 Å². The summed E-state index contributed by atoms with van der Waals surface area (Å²) in [6.07, 6.45) is 2.84. The van der Waals surface area contributed by atoms with Crippen LogP contribution < -0.4 is 5.32 Å². The number of rotatable bonds is 5. The van der Waals surface area contributed by atoms with Gasteiger partial charge in [-0.05, 0) is 42.8 Å². The topological polar surface area (TPSA) is 71.2 Å². The Morgan fingerprint density at radius 3 is 2.70 bits per heavy atom. The van der Waals surface area contributed by atoms with E-state index in [1.807, 2.05) is 0 Å². The minimum atomic E-state index is -0.616. The SMILES string of the molecule is OC1CC([C@H](Nc2noc(C3CC3)n2)c2ccc(F)cc2F)C1. The van der Waals surface area contributed by atoms with Crippen molar-refractivity contribution in [3.05, 3.63) is 41.3 Å². The molecule has 2 fully saturated rings. The lowest BCUT2D eigenvalue weighted by Gasteiger charge is -2.38. The fourth-order valence-corrected chi connectivity index (χ4v) is 3.03. The Morgan fingerprint density at radius 2 is 2.04 bits per heavy atom. The Bertz CT molecular complexity index is 711. The highest BCUT2D eigenvalue weighted by atomic mass is 19.1. The van der Waals surface area contributed by atoms with Crippen molar-refractivity contribution in [3.63, 3.8) is 0 Å². The smallest absolute Gasteiger partial charge is 0.263 e. The zero-order chi connectivity index (χ0) is 16.0. The Hall–Kier alpha value is -2.02. The molecule has 0 saturated heterocycles. The van der Waals surface area contributed by atoms with Crippen molar-refractivity contribution >= 4 is 5.95 Å². The van der Waals surface area contributed by atoms with Gasteiger partial charge < -0.3 is 14.9 Å². The Labute approximate surface area is 131 Å². The summed E-state index contributed by atoms with van der Waals surface area (Å²) in [6, 6.07) is 3.09. The van der Waals surface area contributed by atoms with Crippen molar-refractivity contribution in [2.24, 2.45) is 5.92 Å². The van der Waals surface area contributed by atoms with E-state index in [0.717, 1.165) is 18.9 Å². The molecule has 2 aliphatic rings. The van der Waals surface area contributed by atoms with Crippen molar-refractivity contribution in [2.45, 2.75) is 43.7 Å². The number of aliphatic hydroxyl groups excluding tert-OH is 1. The molecular formula is C16H17F2N3O2. The van der Waals surface area contributed by atoms with Crippen LogP contribution in [-0.4, -0.2) is 21.4 Å². The van der Waals surface area contributed by atoms with Crippen LogP contribution in [0.2, 0.25) is 0 Å². The molecule has 2 aromatic rings. The number of benzene rings is 1. The predicted molar refractivity (Wildman–Crippen MR) is 77.7 cm³/mol. The highest BCUT2D eigenvalue weighted by Crippen LogP contribution is 2.42. The van der Waals surface area contributed by atoms with Gasteiger partial charge in [-0.25, -0.2) is 8.78 Å². The maximum atomic E-state index is 14.2. The van der Waals surface area contributed by atoms with E-state index in [9.17, 15) is 13.9 Å². The van der Waals surface area contributed by atoms with Gasteiger partial charge in [-0.15, -0.1) is 0 Å². The van der Waals surface area contributed by atoms with Gasteiger partial charge in [0, 0.05) is 17.5 Å². The van der Waals surface area contributed by atoms with E-state index in [0.29, 0.717) is 36.2 Å². The predicted octanol–water partition coefficient (Wildman–Crippen LogP) is 3.15. The number of halogens is 2. The Kier molecular flexibility index (Phi) is 3.52. The first-order chi connectivity index (χ1) is 11.1. The molecule has 1 heterocycles. The Balaban J connectivity index is 1.59. The molecule has 0 bridgehead atoms. The molecule has 23 heavy (non-hydrogen) atoms. The van der Waals surface area contributed by atoms with Crippen LogP contribution in [0.5, 0.6) is 0 Å². The van der Waals surface area contributed by atoms with E-state index in [1.165, 1.54) is 12.1 Å². The summed E-state index contributed by atoms with van der Waals surface area (Å²) >= 11 is 0. The van der Waals surface area contributed by atoms with Gasteiger partial charge in [-0.3, -0.25) is 0 Å². The second-order valence-corrected chi connectivity index (χ2v) is 6.40. The standard InChI is InChI=1S/C16H17F2N3O2/c17-10-3-4-12(13(18)7-10)14(9-5-11(22)6-9)19-16-20-15(23-21-16)8-1-2-8/h3-4,7-9,11,14,22H,1-2,5-6H2,(H,19,21)/t9?,11?,14-/m0/s1. The van der Waals surface area contributed by atoms with Crippen molar-refractivity contribution < 1.29 is 18.4 Å². The molecular weight excluding hydrogens is 304 g/mol. The second kappa shape index (κ2) is 5.56. The minimum absolute atomic E-state index is 0.0350. The van der Waals surface area contributed by atoms with E-state index in [4.69, 9.17) is 4.52 Å². The third-order valence-corrected chi connectivity index (χ3v) is 4.57. The summed E-state index contributed by atoms with van der Waals surface area (Å²) in [5.41, 5.74) is 0.348. The first-order valence-electron chi connectivity index (χ1n) is 7.83. The lowest BCUT2D eigenvalue weighted by atomic mass is 9.75. The van der Waals surface area contributed by atoms with Crippen LogP contribution in [0.4, 0.5) is 14.7 Å². The lowest BCUT2D eigenvalue weighted by Crippen LogP contribution is -2.36. The molecule has 0 radical (unpaired) electrons. The zero-order valence-electron chi connectivity index (χ0n) is 12.4. The van der Waals surface area contributed by atoms with E-state index >= 15 is 0 Å². The molecule has 0 amide bonds. The van der Waals surface area contributed by atoms with Crippen molar-refractivity contribution in [2.75, 3.05) is 5.32 Å². The summed E-state index contributed by atoms with van der Waals surface area (Å²) in [5, 5.41) is 16.5. The summed E-state index contributed by atoms with van der Waals surface area (Å²) in [6.45, 7) is 0. The number of nitrogens with zero attached hydrogens (tertiary/aromatic N) is 2. The third-order valence-electron chi connectivity index (χ3n) is 4.57. The minimum Gasteiger partial charge on any atom is -0.393 e. The van der Waals surface area contributed by atoms with Gasteiger partial charge in [0.05, 0.1) is 12.1 Å². The second-order valence-electron chi connectivity index (χ2n) is 6.40. The highest BCUT2D eigenvalue weighted by Gasteiger charge is 2.37. The fraction of sp³-hybridized carbons (Fsp3) is 0.500. The molecule has 7 heteroatoms. The highest BCUT2D eigenvalue weighted by molar-refractivity contribution is 5.34. The van der Waals surface area contributed by atoms with Gasteiger partial charge >= 0.3 is 0 Å². The maximum Gasteiger partial charge on any atom is 0.263 e. The van der Waals surface area contributed by atoms with E-state index < -0.39 is 17.7 Å². The van der Waals surface area contributed by atoms with E-state index in [1.54, 1.807) is 0 Å². The quantitative estimate of drug-likeness (QED) is 0.885. The molecule has 0 spiro atoms. The molecule has 1 aromatic carbocycles. The Morgan fingerprint density at radius 1 is 1.26 bits per heavy atom. The van der Waals surface area contributed by atoms with Crippen LogP contribution in [0.15, 0.2) is 22.7 Å². The molecule has 0 aliphatic heterocycles. The van der Waals surface area contributed by atoms with Crippen LogP contribution in [-0.2, 0) is 0 Å². The molecule has 2 N–H and O–H groups in total. The maximum absolute atomic E-state index is 14.2. The third kappa shape index (κ3) is 2.93. The van der Waals surface area contributed by atoms with Gasteiger partial charge in [-0.1, -0.05) is 6.07 Å². The van der Waals surface area contributed by atoms with Gasteiger partial charge in [0.15, 0.2) is 0 Å². The number of nitrogens with one attached hydrogen (secondary N) is 1. The molecule has 0 unspecified atom stereocenters. The molecule has 1 atom stereocenters. The molecule has 4 rings (SSSR count). The summed E-state index contributed by atoms with van der Waals surface area (Å²) < 4.78 is 32.5. The number of anilines is 1. The van der Waals surface area contributed by atoms with E-state index in [2.05, 4.69) is 15.5 Å². The average Bonchev–Trinajstić information content (AvgIpc) is 3.22. The fourth-order valence-electron chi connectivity index (χ4n) is 3.03. The number of hydrogen-bond donors (Lipinski definition) is 2. The molecule has 2 saturated carbocycles. The van der Waals surface area contributed by atoms with E-state index in [-0.39, 0.29) is 12.0 Å². The number of aromatic nitrogens is 2. The van der Waals surface area contributed by atoms with Crippen LogP contribution in [0.3, 0.4) is 0 Å². The van der Waals surface area contributed by atoms with Crippen molar-refractivity contribution in [3.8, 4) is 0 Å². The van der Waals surface area contributed by atoms with Gasteiger partial charge in [0.2, 0.25) is 5.89 Å². The first kappa shape index (κ1) is 14.6. The number of hydrogen-bond acceptors (Lipinski definition) is 5. The summed E-state index contributed by atoms with van der Waals surface area (Å²) in [4.78, 5) is 4.30. The van der Waals surface area contributed by atoms with Gasteiger partial charge in [0.1, 0.15) is 11.6 Å². The zero-order valence-corrected chi connectivity index (χ0v) is 12.4. The number of aliphatic hydroxyl groups is 1. The molecule has 1 aromatic heterocycles. The van der Waals surface area contributed by atoms with Crippen molar-refractivity contribution in [1.82, 2.24) is 10.1 Å². The van der Waals surface area contributed by atoms with Crippen LogP contribution in [0.25, 0.3) is 0 Å². The molecule has 122 valence electrons. The van der Waals surface area contributed by atoms with Gasteiger partial charge in [0.25, 0.3) is 5.95 Å². The van der Waals surface area contributed by atoms with Crippen LogP contribution in [0, 0.1) is 17.6 Å². The van der Waals surface area contributed by atoms with Gasteiger partial charge in [-0.2, -0.15) is 4.98 Å². The van der Waals surface area contributed by atoms with Crippen molar-refractivity contribution in [1.29, 1.82) is 0 Å². The first-order valence-corrected chi connectivity index (χ1v) is 7.83. The average molecular weight is 321 g/mol. The summed E-state index contributed by atoms with van der Waals surface area (Å²) in [7, 11) is 0.